The van der Waals surface area contributed by atoms with Crippen molar-refractivity contribution in [2.24, 2.45) is 0 Å². The van der Waals surface area contributed by atoms with Gasteiger partial charge in [0.05, 0.1) is 25.3 Å². The summed E-state index contributed by atoms with van der Waals surface area (Å²) in [5.41, 5.74) is 3.63. The van der Waals surface area contributed by atoms with Crippen LogP contribution in [0.4, 0.5) is 0 Å². The Kier molecular flexibility index (Phi) is 5.31. The highest BCUT2D eigenvalue weighted by Gasteiger charge is 2.35. The summed E-state index contributed by atoms with van der Waals surface area (Å²) >= 11 is 0. The van der Waals surface area contributed by atoms with E-state index in [1.54, 1.807) is 4.68 Å². The molecule has 0 saturated carbocycles. The molecule has 1 aliphatic heterocycles. The van der Waals surface area contributed by atoms with Crippen molar-refractivity contribution in [3.63, 3.8) is 0 Å². The fourth-order valence-corrected chi connectivity index (χ4v) is 4.30. The zero-order chi connectivity index (χ0) is 21.2. The maximum Gasteiger partial charge on any atom is 0.258 e. The molecule has 158 valence electrons. The van der Waals surface area contributed by atoms with Crippen LogP contribution in [-0.4, -0.2) is 51.5 Å². The molecule has 2 N–H and O–H groups in total. The van der Waals surface area contributed by atoms with Crippen LogP contribution < -0.4 is 10.5 Å². The molecule has 0 spiro atoms. The molecule has 8 heteroatoms. The quantitative estimate of drug-likeness (QED) is 0.503. The standard InChI is InChI=1S/C23H24N6O2/c1-16-7-8-18-14-19(23(30)24-20(18)13-16)21(28-9-11-31-12-10-28)22-25-26-27-29(22)15-17-5-3-2-4-6-17/h2-8,13-14,21H,9-12,15H2,1H3,(H,24,30)/p+1/t21-/m0/s1. The van der Waals surface area contributed by atoms with Gasteiger partial charge in [0.2, 0.25) is 5.82 Å². The van der Waals surface area contributed by atoms with Gasteiger partial charge in [0.25, 0.3) is 5.56 Å². The first-order valence-corrected chi connectivity index (χ1v) is 10.5. The van der Waals surface area contributed by atoms with E-state index in [0.717, 1.165) is 35.1 Å². The van der Waals surface area contributed by atoms with E-state index in [0.29, 0.717) is 31.1 Å². The summed E-state index contributed by atoms with van der Waals surface area (Å²) in [5.74, 6) is 0.692. The number of rotatable bonds is 5. The number of H-pyrrole nitrogens is 1. The molecule has 31 heavy (non-hydrogen) atoms. The first kappa shape index (κ1) is 19.6. The van der Waals surface area contributed by atoms with Crippen LogP contribution in [0.3, 0.4) is 0 Å². The van der Waals surface area contributed by atoms with Crippen LogP contribution in [0.15, 0.2) is 59.4 Å². The summed E-state index contributed by atoms with van der Waals surface area (Å²) in [6, 6.07) is 17.9. The van der Waals surface area contributed by atoms with E-state index in [9.17, 15) is 4.79 Å². The second-order valence-corrected chi connectivity index (χ2v) is 8.03. The molecule has 8 nitrogen and oxygen atoms in total. The molecule has 0 bridgehead atoms. The molecule has 1 aliphatic rings. The number of nitrogens with zero attached hydrogens (tertiary/aromatic N) is 4. The number of morpholine rings is 1. The van der Waals surface area contributed by atoms with Gasteiger partial charge in [0.1, 0.15) is 13.1 Å². The zero-order valence-corrected chi connectivity index (χ0v) is 17.4. The molecule has 2 aromatic carbocycles. The third-order valence-corrected chi connectivity index (χ3v) is 5.88. The van der Waals surface area contributed by atoms with Crippen LogP contribution in [0, 0.1) is 6.92 Å². The second kappa shape index (κ2) is 8.41. The van der Waals surface area contributed by atoms with Gasteiger partial charge in [-0.05, 0) is 46.0 Å². The molecule has 0 aliphatic carbocycles. The third-order valence-electron chi connectivity index (χ3n) is 5.88. The summed E-state index contributed by atoms with van der Waals surface area (Å²) in [7, 11) is 0. The van der Waals surface area contributed by atoms with Gasteiger partial charge in [-0.1, -0.05) is 42.5 Å². The molecule has 4 aromatic rings. The summed E-state index contributed by atoms with van der Waals surface area (Å²) in [5, 5.41) is 13.6. The summed E-state index contributed by atoms with van der Waals surface area (Å²) < 4.78 is 7.38. The molecule has 0 unspecified atom stereocenters. The van der Waals surface area contributed by atoms with Crippen LogP contribution in [0.1, 0.15) is 28.6 Å². The minimum atomic E-state index is -0.280. The highest BCUT2D eigenvalue weighted by molar-refractivity contribution is 5.79. The number of aryl methyl sites for hydroxylation is 1. The number of pyridine rings is 1. The first-order chi connectivity index (χ1) is 15.2. The molecule has 1 saturated heterocycles. The SMILES string of the molecule is Cc1ccc2cc([C@@H](c3nnnn3Cc3ccccc3)[NH+]3CCOCC3)c(=O)[nH]c2c1. The van der Waals surface area contributed by atoms with Crippen LogP contribution in [-0.2, 0) is 11.3 Å². The Morgan fingerprint density at radius 2 is 1.94 bits per heavy atom. The minimum Gasteiger partial charge on any atom is -0.370 e. The summed E-state index contributed by atoms with van der Waals surface area (Å²) in [6.45, 7) is 5.44. The predicted molar refractivity (Wildman–Crippen MR) is 116 cm³/mol. The van der Waals surface area contributed by atoms with Crippen molar-refractivity contribution < 1.29 is 9.64 Å². The predicted octanol–water partition coefficient (Wildman–Crippen LogP) is 0.876. The van der Waals surface area contributed by atoms with E-state index >= 15 is 0 Å². The average molecular weight is 417 g/mol. The number of nitrogens with one attached hydrogen (secondary N) is 2. The Bertz CT molecular complexity index is 1240. The maximum atomic E-state index is 13.2. The highest BCUT2D eigenvalue weighted by atomic mass is 16.5. The zero-order valence-electron chi connectivity index (χ0n) is 17.4. The van der Waals surface area contributed by atoms with Crippen LogP contribution >= 0.6 is 0 Å². The lowest BCUT2D eigenvalue weighted by molar-refractivity contribution is -0.933. The monoisotopic (exact) mass is 417 g/mol. The third kappa shape index (κ3) is 3.99. The van der Waals surface area contributed by atoms with Gasteiger partial charge < -0.3 is 14.6 Å². The normalized spacial score (nSPS) is 15.9. The number of aromatic amines is 1. The van der Waals surface area contributed by atoms with E-state index in [2.05, 4.69) is 26.6 Å². The Balaban J connectivity index is 1.62. The van der Waals surface area contributed by atoms with Crippen molar-refractivity contribution in [2.45, 2.75) is 19.5 Å². The van der Waals surface area contributed by atoms with E-state index in [1.165, 1.54) is 4.90 Å². The van der Waals surface area contributed by atoms with Crippen molar-refractivity contribution in [1.82, 2.24) is 25.2 Å². The molecule has 1 fully saturated rings. The molecule has 1 atom stereocenters. The van der Waals surface area contributed by atoms with Crippen molar-refractivity contribution in [3.05, 3.63) is 87.5 Å². The van der Waals surface area contributed by atoms with Crippen molar-refractivity contribution in [2.75, 3.05) is 26.3 Å². The fraction of sp³-hybridized carbons (Fsp3) is 0.304. The van der Waals surface area contributed by atoms with Crippen molar-refractivity contribution >= 4 is 10.9 Å². The maximum absolute atomic E-state index is 13.2. The number of ether oxygens (including phenoxy) is 1. The lowest BCUT2D eigenvalue weighted by Crippen LogP contribution is -3.14. The minimum absolute atomic E-state index is 0.101. The Hall–Kier alpha value is -3.36. The van der Waals surface area contributed by atoms with Gasteiger partial charge in [0, 0.05) is 5.52 Å². The molecule has 5 rings (SSSR count). The average Bonchev–Trinajstić information content (AvgIpc) is 3.23. The van der Waals surface area contributed by atoms with E-state index in [1.807, 2.05) is 55.5 Å². The van der Waals surface area contributed by atoms with Crippen LogP contribution in [0.2, 0.25) is 0 Å². The number of fused-ring (bicyclic) bond motifs is 1. The summed E-state index contributed by atoms with van der Waals surface area (Å²) in [6.07, 6.45) is 0. The fourth-order valence-electron chi connectivity index (χ4n) is 4.30. The topological polar surface area (TPSA) is 90.1 Å². The Labute approximate surface area is 179 Å². The second-order valence-electron chi connectivity index (χ2n) is 8.03. The van der Waals surface area contributed by atoms with E-state index < -0.39 is 0 Å². The molecular weight excluding hydrogens is 392 g/mol. The lowest BCUT2D eigenvalue weighted by Gasteiger charge is -2.30. The smallest absolute Gasteiger partial charge is 0.258 e. The van der Waals surface area contributed by atoms with Crippen molar-refractivity contribution in [3.8, 4) is 0 Å². The van der Waals surface area contributed by atoms with Gasteiger partial charge in [-0.3, -0.25) is 4.79 Å². The Morgan fingerprint density at radius 1 is 1.13 bits per heavy atom. The van der Waals surface area contributed by atoms with Gasteiger partial charge in [-0.15, -0.1) is 5.10 Å². The highest BCUT2D eigenvalue weighted by Crippen LogP contribution is 2.20. The number of benzene rings is 2. The molecule has 3 heterocycles. The largest absolute Gasteiger partial charge is 0.370 e. The summed E-state index contributed by atoms with van der Waals surface area (Å²) in [4.78, 5) is 17.5. The van der Waals surface area contributed by atoms with Crippen molar-refractivity contribution in [1.29, 1.82) is 0 Å². The molecule has 0 amide bonds. The van der Waals surface area contributed by atoms with Crippen LogP contribution in [0.5, 0.6) is 0 Å². The van der Waals surface area contributed by atoms with Crippen LogP contribution in [0.25, 0.3) is 10.9 Å². The van der Waals surface area contributed by atoms with E-state index in [4.69, 9.17) is 4.74 Å². The molecule has 0 radical (unpaired) electrons. The number of aromatic nitrogens is 5. The number of quaternary nitrogens is 1. The number of tetrazole rings is 1. The Morgan fingerprint density at radius 3 is 2.74 bits per heavy atom. The molecule has 2 aromatic heterocycles. The number of hydrogen-bond donors (Lipinski definition) is 2. The van der Waals surface area contributed by atoms with Gasteiger partial charge >= 0.3 is 0 Å². The van der Waals surface area contributed by atoms with Gasteiger partial charge in [-0.2, -0.15) is 0 Å². The van der Waals surface area contributed by atoms with Gasteiger partial charge in [0.15, 0.2) is 6.04 Å². The lowest BCUT2D eigenvalue weighted by atomic mass is 10.0. The number of hydrogen-bond acceptors (Lipinski definition) is 5. The van der Waals surface area contributed by atoms with E-state index in [-0.39, 0.29) is 11.6 Å². The molecular formula is C23H25N6O2+. The first-order valence-electron chi connectivity index (χ1n) is 10.5. The van der Waals surface area contributed by atoms with Gasteiger partial charge in [-0.25, -0.2) is 4.68 Å².